The normalized spacial score (nSPS) is 12.3. The van der Waals surface area contributed by atoms with E-state index in [2.05, 4.69) is 10.5 Å². The third-order valence-electron chi connectivity index (χ3n) is 3.49. The third-order valence-corrected chi connectivity index (χ3v) is 6.05. The number of amides is 1. The highest BCUT2D eigenvalue weighted by Gasteiger charge is 2.32. The van der Waals surface area contributed by atoms with Gasteiger partial charge >= 0.3 is 0 Å². The molecule has 0 aromatic heterocycles. The summed E-state index contributed by atoms with van der Waals surface area (Å²) in [6.45, 7) is 4.85. The van der Waals surface area contributed by atoms with Crippen LogP contribution in [0.25, 0.3) is 0 Å². The molecule has 0 saturated carbocycles. The summed E-state index contributed by atoms with van der Waals surface area (Å²) in [4.78, 5) is 12.1. The molecule has 0 radical (unpaired) electrons. The van der Waals surface area contributed by atoms with E-state index in [0.717, 1.165) is 0 Å². The van der Waals surface area contributed by atoms with Crippen LogP contribution in [-0.4, -0.2) is 25.3 Å². The second kappa shape index (κ2) is 7.14. The Hall–Kier alpha value is -2.54. The van der Waals surface area contributed by atoms with Crippen molar-refractivity contribution >= 4 is 22.0 Å². The van der Waals surface area contributed by atoms with Gasteiger partial charge in [-0.15, -0.1) is 0 Å². The summed E-state index contributed by atoms with van der Waals surface area (Å²) in [6.07, 6.45) is 1.28. The zero-order valence-electron chi connectivity index (χ0n) is 14.2. The SMILES string of the molecule is CC(C)(C)S(=O)(=O)c1ccccc1/C=N\NC(=O)c1ccc(F)cc1. The van der Waals surface area contributed by atoms with E-state index < -0.39 is 26.3 Å². The molecule has 0 heterocycles. The van der Waals surface area contributed by atoms with Crippen LogP contribution >= 0.6 is 0 Å². The number of hydrogen-bond acceptors (Lipinski definition) is 4. The minimum Gasteiger partial charge on any atom is -0.267 e. The largest absolute Gasteiger partial charge is 0.271 e. The lowest BCUT2D eigenvalue weighted by Crippen LogP contribution is -2.28. The van der Waals surface area contributed by atoms with Gasteiger partial charge in [0.2, 0.25) is 0 Å². The second-order valence-corrected chi connectivity index (χ2v) is 9.03. The number of nitrogens with one attached hydrogen (secondary N) is 1. The second-order valence-electron chi connectivity index (χ2n) is 6.36. The Balaban J connectivity index is 2.22. The maximum atomic E-state index is 12.9. The lowest BCUT2D eigenvalue weighted by molar-refractivity contribution is 0.0955. The lowest BCUT2D eigenvalue weighted by Gasteiger charge is -2.20. The summed E-state index contributed by atoms with van der Waals surface area (Å²) >= 11 is 0. The van der Waals surface area contributed by atoms with E-state index in [9.17, 15) is 17.6 Å². The highest BCUT2D eigenvalue weighted by Crippen LogP contribution is 2.26. The van der Waals surface area contributed by atoms with Crippen LogP contribution in [-0.2, 0) is 9.84 Å². The minimum absolute atomic E-state index is 0.141. The van der Waals surface area contributed by atoms with Gasteiger partial charge in [0, 0.05) is 11.1 Å². The van der Waals surface area contributed by atoms with E-state index in [-0.39, 0.29) is 10.5 Å². The summed E-state index contributed by atoms with van der Waals surface area (Å²) in [5, 5.41) is 3.81. The number of benzene rings is 2. The number of carbonyl (C=O) groups excluding carboxylic acids is 1. The first-order chi connectivity index (χ1) is 11.6. The number of rotatable bonds is 4. The summed E-state index contributed by atoms with van der Waals surface area (Å²) in [5.41, 5.74) is 2.91. The molecule has 2 aromatic carbocycles. The van der Waals surface area contributed by atoms with Crippen LogP contribution in [0.1, 0.15) is 36.7 Å². The minimum atomic E-state index is -3.56. The Morgan fingerprint density at radius 3 is 2.28 bits per heavy atom. The Bertz CT molecular complexity index is 899. The van der Waals surface area contributed by atoms with Gasteiger partial charge in [0.25, 0.3) is 5.91 Å². The number of halogens is 1. The molecule has 0 aliphatic carbocycles. The number of hydrazone groups is 1. The van der Waals surface area contributed by atoms with Gasteiger partial charge in [-0.05, 0) is 51.1 Å². The molecule has 0 unspecified atom stereocenters. The van der Waals surface area contributed by atoms with Crippen molar-refractivity contribution < 1.29 is 17.6 Å². The maximum Gasteiger partial charge on any atom is 0.271 e. The van der Waals surface area contributed by atoms with Crippen LogP contribution in [0, 0.1) is 5.82 Å². The van der Waals surface area contributed by atoms with E-state index in [0.29, 0.717) is 5.56 Å². The molecule has 0 saturated heterocycles. The van der Waals surface area contributed by atoms with Gasteiger partial charge in [0.05, 0.1) is 15.9 Å². The average Bonchev–Trinajstić information content (AvgIpc) is 2.54. The fraction of sp³-hybridized carbons (Fsp3) is 0.222. The smallest absolute Gasteiger partial charge is 0.267 e. The van der Waals surface area contributed by atoms with Gasteiger partial charge in [0.1, 0.15) is 5.82 Å². The van der Waals surface area contributed by atoms with Crippen LogP contribution in [0.4, 0.5) is 4.39 Å². The molecular weight excluding hydrogens is 343 g/mol. The van der Waals surface area contributed by atoms with Crippen molar-refractivity contribution in [2.75, 3.05) is 0 Å². The quantitative estimate of drug-likeness (QED) is 0.670. The van der Waals surface area contributed by atoms with Crippen molar-refractivity contribution in [3.05, 3.63) is 65.5 Å². The fourth-order valence-corrected chi connectivity index (χ4v) is 3.34. The highest BCUT2D eigenvalue weighted by molar-refractivity contribution is 7.92. The van der Waals surface area contributed by atoms with Gasteiger partial charge in [-0.3, -0.25) is 4.79 Å². The van der Waals surface area contributed by atoms with Crippen molar-refractivity contribution in [2.45, 2.75) is 30.4 Å². The highest BCUT2D eigenvalue weighted by atomic mass is 32.2. The summed E-state index contributed by atoms with van der Waals surface area (Å²) in [6, 6.07) is 11.4. The standard InChI is InChI=1S/C18H19FN2O3S/c1-18(2,3)25(23,24)16-7-5-4-6-14(16)12-20-21-17(22)13-8-10-15(19)11-9-13/h4-12H,1-3H3,(H,21,22)/b20-12-. The van der Waals surface area contributed by atoms with Gasteiger partial charge in [0.15, 0.2) is 9.84 Å². The Morgan fingerprint density at radius 2 is 1.68 bits per heavy atom. The first kappa shape index (κ1) is 18.8. The molecule has 25 heavy (non-hydrogen) atoms. The maximum absolute atomic E-state index is 12.9. The van der Waals surface area contributed by atoms with Crippen molar-refractivity contribution in [3.63, 3.8) is 0 Å². The predicted octanol–water partition coefficient (Wildman–Crippen LogP) is 3.16. The summed E-state index contributed by atoms with van der Waals surface area (Å²) < 4.78 is 37.2. The Labute approximate surface area is 146 Å². The number of nitrogens with zero attached hydrogens (tertiary/aromatic N) is 1. The zero-order valence-corrected chi connectivity index (χ0v) is 15.0. The Morgan fingerprint density at radius 1 is 1.08 bits per heavy atom. The van der Waals surface area contributed by atoms with E-state index in [4.69, 9.17) is 0 Å². The Kier molecular flexibility index (Phi) is 5.37. The van der Waals surface area contributed by atoms with Crippen LogP contribution in [0.5, 0.6) is 0 Å². The molecule has 2 aromatic rings. The summed E-state index contributed by atoms with van der Waals surface area (Å²) in [7, 11) is -3.56. The van der Waals surface area contributed by atoms with Crippen LogP contribution < -0.4 is 5.43 Å². The van der Waals surface area contributed by atoms with Crippen LogP contribution in [0.3, 0.4) is 0 Å². The molecule has 1 amide bonds. The van der Waals surface area contributed by atoms with Crippen molar-refractivity contribution in [2.24, 2.45) is 5.10 Å². The first-order valence-electron chi connectivity index (χ1n) is 7.55. The van der Waals surface area contributed by atoms with Gasteiger partial charge < -0.3 is 0 Å². The summed E-state index contributed by atoms with van der Waals surface area (Å²) in [5.74, 6) is -0.964. The molecular formula is C18H19FN2O3S. The molecule has 0 bridgehead atoms. The molecule has 1 N–H and O–H groups in total. The fourth-order valence-electron chi connectivity index (χ4n) is 1.99. The topological polar surface area (TPSA) is 75.6 Å². The van der Waals surface area contributed by atoms with Gasteiger partial charge in [-0.1, -0.05) is 18.2 Å². The lowest BCUT2D eigenvalue weighted by atomic mass is 10.2. The monoisotopic (exact) mass is 362 g/mol. The molecule has 0 atom stereocenters. The molecule has 0 aliphatic heterocycles. The molecule has 0 aliphatic rings. The molecule has 2 rings (SSSR count). The van der Waals surface area contributed by atoms with Crippen LogP contribution in [0.15, 0.2) is 58.5 Å². The van der Waals surface area contributed by atoms with E-state index in [1.54, 1.807) is 39.0 Å². The number of hydrogen-bond donors (Lipinski definition) is 1. The molecule has 0 fully saturated rings. The zero-order chi connectivity index (χ0) is 18.7. The first-order valence-corrected chi connectivity index (χ1v) is 9.04. The molecule has 7 heteroatoms. The van der Waals surface area contributed by atoms with E-state index in [1.165, 1.54) is 36.5 Å². The van der Waals surface area contributed by atoms with Crippen molar-refractivity contribution in [3.8, 4) is 0 Å². The van der Waals surface area contributed by atoms with Crippen molar-refractivity contribution in [1.82, 2.24) is 5.43 Å². The molecule has 0 spiro atoms. The molecule has 132 valence electrons. The average molecular weight is 362 g/mol. The van der Waals surface area contributed by atoms with Crippen LogP contribution in [0.2, 0.25) is 0 Å². The molecule has 5 nitrogen and oxygen atoms in total. The van der Waals surface area contributed by atoms with Gasteiger partial charge in [-0.25, -0.2) is 18.2 Å². The number of carbonyl (C=O) groups is 1. The third kappa shape index (κ3) is 4.30. The predicted molar refractivity (Wildman–Crippen MR) is 94.8 cm³/mol. The van der Waals surface area contributed by atoms with Crippen molar-refractivity contribution in [1.29, 1.82) is 0 Å². The van der Waals surface area contributed by atoms with E-state index in [1.807, 2.05) is 0 Å². The van der Waals surface area contributed by atoms with E-state index >= 15 is 0 Å². The number of sulfone groups is 1. The van der Waals surface area contributed by atoms with Gasteiger partial charge in [-0.2, -0.15) is 5.10 Å².